The van der Waals surface area contributed by atoms with Crippen LogP contribution >= 0.6 is 0 Å². The van der Waals surface area contributed by atoms with Gasteiger partial charge in [-0.25, -0.2) is 4.85 Å². The van der Waals surface area contributed by atoms with Crippen molar-refractivity contribution < 1.29 is 65.9 Å². The lowest BCUT2D eigenvalue weighted by molar-refractivity contribution is -0.138. The first kappa shape index (κ1) is 63.2. The molecule has 0 N–H and O–H groups in total. The van der Waals surface area contributed by atoms with E-state index in [-0.39, 0.29) is 72.6 Å². The van der Waals surface area contributed by atoms with Crippen LogP contribution in [0.1, 0.15) is 55.6 Å². The number of hydrogen-bond acceptors (Lipinski definition) is 0. The number of benzene rings is 11. The highest BCUT2D eigenvalue weighted by Crippen LogP contribution is 2.50. The first-order valence-corrected chi connectivity index (χ1v) is 29.5. The van der Waals surface area contributed by atoms with E-state index in [2.05, 4.69) is 4.85 Å². The third-order valence-electron chi connectivity index (χ3n) is 17.6. The zero-order valence-corrected chi connectivity index (χ0v) is 50.6. The predicted octanol–water partition coefficient (Wildman–Crippen LogP) is 25.1. The molecule has 18 heteroatoms. The van der Waals surface area contributed by atoms with Crippen molar-refractivity contribution in [3.8, 4) is 78.1 Å². The molecule has 0 aliphatic carbocycles. The lowest BCUT2D eigenvalue weighted by Gasteiger charge is -2.22. The van der Waals surface area contributed by atoms with E-state index in [9.17, 15) is 39.5 Å². The van der Waals surface area contributed by atoms with E-state index in [0.29, 0.717) is 82.7 Å². The van der Waals surface area contributed by atoms with Crippen molar-refractivity contribution in [1.29, 1.82) is 0 Å². The molecule has 3 nitrogen and oxygen atoms in total. The van der Waals surface area contributed by atoms with E-state index in [1.165, 1.54) is 101 Å². The quantitative estimate of drug-likeness (QED) is 0.106. The molecular formula is C77H48F15N3. The Hall–Kier alpha value is -10.5. The minimum Gasteiger partial charge on any atom is -0.309 e. The SMILES string of the molecule is [C-]#[N+]c1ccc(-n2c3ccc(-c4ccc(C(F)(F)F)cc4C)cc3c3cc(-c4ccc(C)cc4C(F)(F)F)ccc32)c(-c2ccc(-c3c(C)cccc3C(F)(F)F)cc2-n2c3ccc(-c4ccc(C(F)(F)F)cc4C)cc3c3cc(-c4ccc(C)cc4C(F)(F)F)ccc32)c1. The molecule has 0 fully saturated rings. The van der Waals surface area contributed by atoms with Gasteiger partial charge in [0.25, 0.3) is 0 Å². The van der Waals surface area contributed by atoms with Gasteiger partial charge in [0.2, 0.25) is 0 Å². The fourth-order valence-electron chi connectivity index (χ4n) is 13.2. The Balaban J connectivity index is 1.14. The third-order valence-corrected chi connectivity index (χ3v) is 17.6. The maximum Gasteiger partial charge on any atom is 0.417 e. The molecule has 0 spiro atoms. The van der Waals surface area contributed by atoms with Crippen LogP contribution < -0.4 is 0 Å². The summed E-state index contributed by atoms with van der Waals surface area (Å²) in [5, 5.41) is 1.54. The summed E-state index contributed by atoms with van der Waals surface area (Å²) in [6.07, 6.45) is -23.8. The van der Waals surface area contributed by atoms with E-state index < -0.39 is 58.7 Å². The van der Waals surface area contributed by atoms with Gasteiger partial charge in [0.15, 0.2) is 5.69 Å². The average Bonchev–Trinajstić information content (AvgIpc) is 1.60. The van der Waals surface area contributed by atoms with Crippen LogP contribution in [0.5, 0.6) is 0 Å². The summed E-state index contributed by atoms with van der Waals surface area (Å²) in [6, 6.07) is 46.9. The highest BCUT2D eigenvalue weighted by Gasteiger charge is 2.38. The van der Waals surface area contributed by atoms with Crippen molar-refractivity contribution in [2.75, 3.05) is 0 Å². The zero-order chi connectivity index (χ0) is 67.7. The van der Waals surface area contributed by atoms with Gasteiger partial charge >= 0.3 is 30.9 Å². The topological polar surface area (TPSA) is 14.2 Å². The second-order valence-corrected chi connectivity index (χ2v) is 23.8. The Morgan fingerprint density at radius 2 is 0.684 bits per heavy atom. The number of aryl methyl sites for hydroxylation is 5. The Kier molecular flexibility index (Phi) is 15.0. The maximum atomic E-state index is 15.3. The van der Waals surface area contributed by atoms with Crippen LogP contribution in [0.4, 0.5) is 71.5 Å². The summed E-state index contributed by atoms with van der Waals surface area (Å²) in [7, 11) is 0. The van der Waals surface area contributed by atoms with Crippen LogP contribution in [0.25, 0.3) is 127 Å². The van der Waals surface area contributed by atoms with E-state index in [1.807, 2.05) is 0 Å². The second-order valence-electron chi connectivity index (χ2n) is 23.8. The summed E-state index contributed by atoms with van der Waals surface area (Å²) in [4.78, 5) is 3.80. The van der Waals surface area contributed by atoms with Gasteiger partial charge in [-0.1, -0.05) is 102 Å². The Morgan fingerprint density at radius 1 is 0.295 bits per heavy atom. The summed E-state index contributed by atoms with van der Waals surface area (Å²) in [6.45, 7) is 16.0. The second kappa shape index (κ2) is 22.6. The zero-order valence-electron chi connectivity index (χ0n) is 50.6. The summed E-state index contributed by atoms with van der Waals surface area (Å²) in [5.41, 5.74) is 1.01. The molecule has 0 amide bonds. The standard InChI is InChI=1S/C77H48F15N3/c1-40-10-20-55(64(30-40)76(87,88)89)47-15-27-67-60(36-47)58-34-45(53-23-17-50(32-43(53)4)73(78,79)80)13-25-66(58)94(67)70-29-19-52(93-6)39-62(70)57-22-12-49(72-42(3)8-7-9-63(72)75(84,85)86)38-71(57)95-68-26-14-46(54-24-18-51(33-44(54)5)74(81,82)83)35-59(68)61-37-48(16-28-69(61)95)56-21-11-41(2)31-65(56)77(90,91)92/h7-39H,1-5H3. The van der Waals surface area contributed by atoms with Crippen molar-refractivity contribution in [3.63, 3.8) is 0 Å². The van der Waals surface area contributed by atoms with Crippen molar-refractivity contribution in [2.45, 2.75) is 65.5 Å². The molecule has 0 saturated carbocycles. The number of alkyl halides is 15. The molecule has 0 aliphatic heterocycles. The van der Waals surface area contributed by atoms with Crippen molar-refractivity contribution in [2.24, 2.45) is 0 Å². The third kappa shape index (κ3) is 11.3. The minimum absolute atomic E-state index is 0.0694. The van der Waals surface area contributed by atoms with E-state index >= 15 is 26.3 Å². The number of hydrogen-bond donors (Lipinski definition) is 0. The van der Waals surface area contributed by atoms with Gasteiger partial charge < -0.3 is 9.13 Å². The molecule has 0 unspecified atom stereocenters. The molecule has 0 atom stereocenters. The number of rotatable bonds is 8. The Labute approximate surface area is 533 Å². The molecule has 13 aromatic rings. The van der Waals surface area contributed by atoms with Gasteiger partial charge in [-0.05, 0) is 222 Å². The smallest absolute Gasteiger partial charge is 0.309 e. The summed E-state index contributed by atoms with van der Waals surface area (Å²) in [5.74, 6) is 0. The molecule has 476 valence electrons. The minimum atomic E-state index is -4.88. The molecule has 13 rings (SSSR count). The van der Waals surface area contributed by atoms with E-state index in [4.69, 9.17) is 6.57 Å². The maximum absolute atomic E-state index is 15.3. The van der Waals surface area contributed by atoms with Crippen LogP contribution in [0.3, 0.4) is 0 Å². The van der Waals surface area contributed by atoms with Crippen molar-refractivity contribution >= 4 is 49.3 Å². The van der Waals surface area contributed by atoms with Gasteiger partial charge in [0.1, 0.15) is 0 Å². The monoisotopic (exact) mass is 1300 g/mol. The van der Waals surface area contributed by atoms with Gasteiger partial charge in [0, 0.05) is 27.1 Å². The lowest BCUT2D eigenvalue weighted by Crippen LogP contribution is -2.08. The molecule has 0 radical (unpaired) electrons. The molecule has 11 aromatic carbocycles. The van der Waals surface area contributed by atoms with Gasteiger partial charge in [-0.15, -0.1) is 0 Å². The highest BCUT2D eigenvalue weighted by atomic mass is 19.4. The van der Waals surface area contributed by atoms with Gasteiger partial charge in [-0.3, -0.25) is 0 Å². The fourth-order valence-corrected chi connectivity index (χ4v) is 13.2. The van der Waals surface area contributed by atoms with Crippen LogP contribution in [0, 0.1) is 41.2 Å². The summed E-state index contributed by atoms with van der Waals surface area (Å²) >= 11 is 0. The average molecular weight is 1300 g/mol. The normalized spacial score (nSPS) is 12.6. The van der Waals surface area contributed by atoms with Crippen LogP contribution in [-0.4, -0.2) is 9.13 Å². The molecule has 0 saturated heterocycles. The molecular weight excluding hydrogens is 1250 g/mol. The van der Waals surface area contributed by atoms with E-state index in [1.54, 1.807) is 100 Å². The van der Waals surface area contributed by atoms with Gasteiger partial charge in [-0.2, -0.15) is 65.9 Å². The van der Waals surface area contributed by atoms with Crippen LogP contribution in [-0.2, 0) is 30.9 Å². The molecule has 2 aromatic heterocycles. The fraction of sp³-hybridized carbons (Fsp3) is 0.130. The van der Waals surface area contributed by atoms with Crippen molar-refractivity contribution in [3.05, 3.63) is 267 Å². The first-order valence-electron chi connectivity index (χ1n) is 29.5. The summed E-state index contributed by atoms with van der Waals surface area (Å²) < 4.78 is 224. The van der Waals surface area contributed by atoms with Gasteiger partial charge in [0.05, 0.1) is 67.8 Å². The van der Waals surface area contributed by atoms with Crippen LogP contribution in [0.15, 0.2) is 200 Å². The predicted molar refractivity (Wildman–Crippen MR) is 343 cm³/mol. The molecule has 95 heavy (non-hydrogen) atoms. The van der Waals surface area contributed by atoms with Crippen molar-refractivity contribution in [1.82, 2.24) is 9.13 Å². The molecule has 2 heterocycles. The largest absolute Gasteiger partial charge is 0.417 e. The number of fused-ring (bicyclic) bond motifs is 6. The first-order chi connectivity index (χ1) is 44.8. The van der Waals surface area contributed by atoms with Crippen LogP contribution in [0.2, 0.25) is 0 Å². The Morgan fingerprint density at radius 3 is 1.08 bits per heavy atom. The lowest BCUT2D eigenvalue weighted by atomic mass is 9.91. The number of nitrogens with zero attached hydrogens (tertiary/aromatic N) is 3. The number of aromatic nitrogens is 2. The Bertz CT molecular complexity index is 5370. The number of halogens is 15. The molecule has 0 aliphatic rings. The van der Waals surface area contributed by atoms with E-state index in [0.717, 1.165) is 42.5 Å². The molecule has 0 bridgehead atoms. The highest BCUT2D eigenvalue weighted by molar-refractivity contribution is 6.14.